The van der Waals surface area contributed by atoms with Gasteiger partial charge in [-0.25, -0.2) is 0 Å². The van der Waals surface area contributed by atoms with Crippen LogP contribution >= 0.6 is 0 Å². The number of amides is 1. The van der Waals surface area contributed by atoms with E-state index in [4.69, 9.17) is 0 Å². The Kier molecular flexibility index (Phi) is 3.97. The van der Waals surface area contributed by atoms with Gasteiger partial charge in [0, 0.05) is 5.54 Å². The molecule has 0 aliphatic heterocycles. The van der Waals surface area contributed by atoms with Crippen molar-refractivity contribution in [1.29, 1.82) is 5.26 Å². The lowest BCUT2D eigenvalue weighted by Gasteiger charge is -2.57. The lowest BCUT2D eigenvalue weighted by molar-refractivity contribution is -0.123. The van der Waals surface area contributed by atoms with E-state index in [2.05, 4.69) is 16.7 Å². The van der Waals surface area contributed by atoms with Crippen LogP contribution in [0, 0.1) is 35.0 Å². The third-order valence-corrected chi connectivity index (χ3v) is 6.45. The van der Waals surface area contributed by atoms with Crippen LogP contribution in [-0.4, -0.2) is 23.5 Å². The second kappa shape index (κ2) is 5.53. The SMILES string of the molecule is CC(C)[C@](C)(C#N)NC(=O)CNC12CC3CC(CC(C3)C1)C2. The lowest BCUT2D eigenvalue weighted by Crippen LogP contribution is -2.61. The standard InChI is InChI=1S/C18H29N3O/c1-12(2)17(3,11-19)21-16(22)10-20-18-7-13-4-14(8-18)6-15(5-13)9-18/h12-15,20H,4-10H2,1-3H3,(H,21,22)/t13?,14?,15?,17-,18?/m0/s1. The number of hydrogen-bond acceptors (Lipinski definition) is 3. The monoisotopic (exact) mass is 303 g/mol. The molecular formula is C18H29N3O. The van der Waals surface area contributed by atoms with E-state index in [0.717, 1.165) is 17.8 Å². The van der Waals surface area contributed by atoms with Crippen molar-refractivity contribution in [3.05, 3.63) is 0 Å². The summed E-state index contributed by atoms with van der Waals surface area (Å²) < 4.78 is 0. The number of nitrogens with one attached hydrogen (secondary N) is 2. The van der Waals surface area contributed by atoms with Gasteiger partial charge in [0.25, 0.3) is 0 Å². The highest BCUT2D eigenvalue weighted by atomic mass is 16.2. The molecule has 0 aromatic heterocycles. The van der Waals surface area contributed by atoms with E-state index in [1.165, 1.54) is 38.5 Å². The van der Waals surface area contributed by atoms with Crippen LogP contribution in [0.3, 0.4) is 0 Å². The van der Waals surface area contributed by atoms with Crippen molar-refractivity contribution in [1.82, 2.24) is 10.6 Å². The van der Waals surface area contributed by atoms with Gasteiger partial charge in [0.05, 0.1) is 12.6 Å². The van der Waals surface area contributed by atoms with Crippen LogP contribution in [0.15, 0.2) is 0 Å². The predicted molar refractivity (Wildman–Crippen MR) is 85.9 cm³/mol. The zero-order valence-electron chi connectivity index (χ0n) is 14.1. The highest BCUT2D eigenvalue weighted by Gasteiger charge is 2.50. The summed E-state index contributed by atoms with van der Waals surface area (Å²) in [7, 11) is 0. The average molecular weight is 303 g/mol. The van der Waals surface area contributed by atoms with Crippen LogP contribution in [-0.2, 0) is 4.79 Å². The number of rotatable bonds is 5. The van der Waals surface area contributed by atoms with Gasteiger partial charge in [-0.3, -0.25) is 4.79 Å². The minimum absolute atomic E-state index is 0.0477. The zero-order chi connectivity index (χ0) is 16.0. The third-order valence-electron chi connectivity index (χ3n) is 6.45. The lowest BCUT2D eigenvalue weighted by atomic mass is 9.53. The largest absolute Gasteiger partial charge is 0.337 e. The molecular weight excluding hydrogens is 274 g/mol. The fraction of sp³-hybridized carbons (Fsp3) is 0.889. The topological polar surface area (TPSA) is 64.9 Å². The first kappa shape index (κ1) is 15.8. The molecule has 0 saturated heterocycles. The van der Waals surface area contributed by atoms with Gasteiger partial charge >= 0.3 is 0 Å². The molecule has 4 heteroatoms. The molecule has 0 unspecified atom stereocenters. The second-order valence-electron chi connectivity index (χ2n) is 8.57. The van der Waals surface area contributed by atoms with Crippen LogP contribution in [0.25, 0.3) is 0 Å². The van der Waals surface area contributed by atoms with Crippen molar-refractivity contribution in [3.8, 4) is 6.07 Å². The van der Waals surface area contributed by atoms with E-state index < -0.39 is 5.54 Å². The van der Waals surface area contributed by atoms with Crippen molar-refractivity contribution in [2.75, 3.05) is 6.54 Å². The minimum Gasteiger partial charge on any atom is -0.337 e. The Morgan fingerprint density at radius 2 is 1.73 bits per heavy atom. The quantitative estimate of drug-likeness (QED) is 0.820. The zero-order valence-corrected chi connectivity index (χ0v) is 14.1. The molecule has 0 radical (unpaired) electrons. The van der Waals surface area contributed by atoms with E-state index in [1.54, 1.807) is 6.92 Å². The summed E-state index contributed by atoms with van der Waals surface area (Å²) in [5, 5.41) is 15.8. The Balaban J connectivity index is 1.57. The fourth-order valence-electron chi connectivity index (χ4n) is 5.23. The number of carbonyl (C=O) groups excluding carboxylic acids is 1. The van der Waals surface area contributed by atoms with Gasteiger partial charge in [0.1, 0.15) is 5.54 Å². The Labute approximate surface area is 134 Å². The first-order valence-electron chi connectivity index (χ1n) is 8.81. The van der Waals surface area contributed by atoms with Gasteiger partial charge in [-0.2, -0.15) is 5.26 Å². The molecule has 1 atom stereocenters. The van der Waals surface area contributed by atoms with Crippen LogP contribution < -0.4 is 10.6 Å². The second-order valence-corrected chi connectivity index (χ2v) is 8.57. The molecule has 0 heterocycles. The van der Waals surface area contributed by atoms with Crippen molar-refractivity contribution >= 4 is 5.91 Å². The first-order chi connectivity index (χ1) is 10.3. The molecule has 4 bridgehead atoms. The summed E-state index contributed by atoms with van der Waals surface area (Å²) >= 11 is 0. The summed E-state index contributed by atoms with van der Waals surface area (Å²) in [6, 6.07) is 2.24. The van der Waals surface area contributed by atoms with E-state index in [-0.39, 0.29) is 17.4 Å². The Morgan fingerprint density at radius 3 is 2.14 bits per heavy atom. The molecule has 4 aliphatic carbocycles. The van der Waals surface area contributed by atoms with Crippen LogP contribution in [0.1, 0.15) is 59.3 Å². The van der Waals surface area contributed by atoms with E-state index >= 15 is 0 Å². The molecule has 4 nitrogen and oxygen atoms in total. The summed E-state index contributed by atoms with van der Waals surface area (Å²) in [5.41, 5.74) is -0.576. The Hall–Kier alpha value is -1.08. The Morgan fingerprint density at radius 1 is 1.23 bits per heavy atom. The maximum absolute atomic E-state index is 12.3. The third kappa shape index (κ3) is 2.88. The van der Waals surface area contributed by atoms with Gasteiger partial charge < -0.3 is 10.6 Å². The average Bonchev–Trinajstić information content (AvgIpc) is 2.43. The number of nitrogens with zero attached hydrogens (tertiary/aromatic N) is 1. The van der Waals surface area contributed by atoms with Crippen molar-refractivity contribution < 1.29 is 4.79 Å². The number of carbonyl (C=O) groups is 1. The van der Waals surface area contributed by atoms with Crippen molar-refractivity contribution in [2.45, 2.75) is 70.4 Å². The molecule has 22 heavy (non-hydrogen) atoms. The molecule has 0 aromatic carbocycles. The first-order valence-corrected chi connectivity index (χ1v) is 8.81. The number of hydrogen-bond donors (Lipinski definition) is 2. The molecule has 2 N–H and O–H groups in total. The normalized spacial score (nSPS) is 38.6. The highest BCUT2D eigenvalue weighted by molar-refractivity contribution is 5.79. The summed E-state index contributed by atoms with van der Waals surface area (Å²) in [5.74, 6) is 2.68. The van der Waals surface area contributed by atoms with Crippen molar-refractivity contribution in [3.63, 3.8) is 0 Å². The van der Waals surface area contributed by atoms with Crippen LogP contribution in [0.4, 0.5) is 0 Å². The maximum Gasteiger partial charge on any atom is 0.235 e. The predicted octanol–water partition coefficient (Wildman–Crippen LogP) is 2.60. The van der Waals surface area contributed by atoms with E-state index in [1.807, 2.05) is 13.8 Å². The molecule has 4 fully saturated rings. The summed E-state index contributed by atoms with van der Waals surface area (Å²) in [6.07, 6.45) is 7.96. The maximum atomic E-state index is 12.3. The van der Waals surface area contributed by atoms with Crippen LogP contribution in [0.5, 0.6) is 0 Å². The molecule has 0 aromatic rings. The van der Waals surface area contributed by atoms with Gasteiger partial charge in [-0.1, -0.05) is 13.8 Å². The molecule has 4 saturated carbocycles. The summed E-state index contributed by atoms with van der Waals surface area (Å²) in [4.78, 5) is 12.3. The molecule has 4 rings (SSSR count). The van der Waals surface area contributed by atoms with Crippen molar-refractivity contribution in [2.24, 2.45) is 23.7 Å². The molecule has 122 valence electrons. The molecule has 1 amide bonds. The summed E-state index contributed by atoms with van der Waals surface area (Å²) in [6.45, 7) is 6.09. The van der Waals surface area contributed by atoms with Crippen LogP contribution in [0.2, 0.25) is 0 Å². The van der Waals surface area contributed by atoms with E-state index in [9.17, 15) is 10.1 Å². The minimum atomic E-state index is -0.778. The van der Waals surface area contributed by atoms with Gasteiger partial charge in [-0.15, -0.1) is 0 Å². The number of nitriles is 1. The smallest absolute Gasteiger partial charge is 0.235 e. The Bertz CT molecular complexity index is 458. The highest BCUT2D eigenvalue weighted by Crippen LogP contribution is 2.55. The van der Waals surface area contributed by atoms with Gasteiger partial charge in [0.2, 0.25) is 5.91 Å². The fourth-order valence-corrected chi connectivity index (χ4v) is 5.23. The van der Waals surface area contributed by atoms with Gasteiger partial charge in [-0.05, 0) is 69.1 Å². The molecule has 4 aliphatic rings. The molecule has 0 spiro atoms. The van der Waals surface area contributed by atoms with E-state index in [0.29, 0.717) is 6.54 Å². The van der Waals surface area contributed by atoms with Gasteiger partial charge in [0.15, 0.2) is 0 Å².